The Labute approximate surface area is 125 Å². The van der Waals surface area contributed by atoms with Crippen LogP contribution in [0.25, 0.3) is 11.4 Å². The zero-order valence-corrected chi connectivity index (χ0v) is 12.8. The fourth-order valence-corrected chi connectivity index (χ4v) is 2.27. The predicted molar refractivity (Wildman–Crippen MR) is 83.7 cm³/mol. The number of benzene rings is 1. The van der Waals surface area contributed by atoms with E-state index in [0.29, 0.717) is 18.9 Å². The van der Waals surface area contributed by atoms with Crippen molar-refractivity contribution in [2.75, 3.05) is 6.61 Å². The molecular weight excluding hydrogens is 264 g/mol. The first-order chi connectivity index (χ1) is 10.2. The molecule has 0 unspecified atom stereocenters. The third-order valence-corrected chi connectivity index (χ3v) is 3.33. The van der Waals surface area contributed by atoms with E-state index in [9.17, 15) is 4.79 Å². The van der Waals surface area contributed by atoms with Gasteiger partial charge < -0.3 is 9.72 Å². The van der Waals surface area contributed by atoms with E-state index < -0.39 is 0 Å². The maximum atomic E-state index is 12.2. The second-order valence-corrected chi connectivity index (χ2v) is 4.82. The minimum atomic E-state index is -0.0651. The molecular formula is C17H21N2O2. The number of nitrogens with zero attached hydrogens (tertiary/aromatic N) is 1. The molecule has 2 rings (SSSR count). The average molecular weight is 285 g/mol. The van der Waals surface area contributed by atoms with Crippen LogP contribution in [0.1, 0.15) is 38.4 Å². The molecule has 0 aliphatic heterocycles. The van der Waals surface area contributed by atoms with E-state index in [2.05, 4.69) is 23.0 Å². The minimum absolute atomic E-state index is 0.0651. The molecule has 0 amide bonds. The van der Waals surface area contributed by atoms with Crippen molar-refractivity contribution in [2.45, 2.75) is 40.0 Å². The summed E-state index contributed by atoms with van der Waals surface area (Å²) in [6, 6.07) is 8.47. The quantitative estimate of drug-likeness (QED) is 0.887. The monoisotopic (exact) mass is 285 g/mol. The van der Waals surface area contributed by atoms with E-state index in [1.54, 1.807) is 12.1 Å². The van der Waals surface area contributed by atoms with Crippen LogP contribution < -0.4 is 10.3 Å². The SMILES string of the molecule is CCCOc1cc[c]cc1-c1nc(CC)c(CC)c(=O)[nH]1. The number of nitrogens with one attached hydrogen (secondary N) is 1. The highest BCUT2D eigenvalue weighted by Crippen LogP contribution is 2.27. The van der Waals surface area contributed by atoms with Crippen molar-refractivity contribution in [1.29, 1.82) is 0 Å². The van der Waals surface area contributed by atoms with Crippen LogP contribution in [0.4, 0.5) is 0 Å². The molecule has 0 aliphatic rings. The van der Waals surface area contributed by atoms with Crippen molar-refractivity contribution in [3.05, 3.63) is 45.9 Å². The van der Waals surface area contributed by atoms with Crippen LogP contribution >= 0.6 is 0 Å². The summed E-state index contributed by atoms with van der Waals surface area (Å²) >= 11 is 0. The summed E-state index contributed by atoms with van der Waals surface area (Å²) in [6.45, 7) is 6.67. The second kappa shape index (κ2) is 7.07. The molecule has 21 heavy (non-hydrogen) atoms. The summed E-state index contributed by atoms with van der Waals surface area (Å²) in [6.07, 6.45) is 2.35. The normalized spacial score (nSPS) is 10.6. The fourth-order valence-electron chi connectivity index (χ4n) is 2.27. The van der Waals surface area contributed by atoms with Gasteiger partial charge in [0.15, 0.2) is 0 Å². The Balaban J connectivity index is 2.52. The summed E-state index contributed by atoms with van der Waals surface area (Å²) < 4.78 is 5.73. The van der Waals surface area contributed by atoms with Gasteiger partial charge in [0.1, 0.15) is 11.6 Å². The van der Waals surface area contributed by atoms with Crippen molar-refractivity contribution in [3.63, 3.8) is 0 Å². The molecule has 0 spiro atoms. The Morgan fingerprint density at radius 2 is 2.10 bits per heavy atom. The van der Waals surface area contributed by atoms with Gasteiger partial charge >= 0.3 is 0 Å². The first-order valence-corrected chi connectivity index (χ1v) is 7.46. The molecule has 4 heteroatoms. The van der Waals surface area contributed by atoms with Crippen molar-refractivity contribution in [2.24, 2.45) is 0 Å². The van der Waals surface area contributed by atoms with E-state index in [4.69, 9.17) is 4.74 Å². The summed E-state index contributed by atoms with van der Waals surface area (Å²) in [5.41, 5.74) is 2.32. The molecule has 1 aromatic heterocycles. The predicted octanol–water partition coefficient (Wildman–Crippen LogP) is 3.15. The van der Waals surface area contributed by atoms with Crippen LogP contribution in [0.5, 0.6) is 5.75 Å². The van der Waals surface area contributed by atoms with Gasteiger partial charge in [0.25, 0.3) is 5.56 Å². The van der Waals surface area contributed by atoms with Gasteiger partial charge in [-0.3, -0.25) is 4.79 Å². The van der Waals surface area contributed by atoms with E-state index in [0.717, 1.165) is 35.4 Å². The van der Waals surface area contributed by atoms with Crippen molar-refractivity contribution < 1.29 is 4.74 Å². The van der Waals surface area contributed by atoms with Crippen LogP contribution in [0, 0.1) is 6.07 Å². The van der Waals surface area contributed by atoms with Crippen molar-refractivity contribution >= 4 is 0 Å². The van der Waals surface area contributed by atoms with E-state index >= 15 is 0 Å². The number of hydrogen-bond donors (Lipinski definition) is 1. The summed E-state index contributed by atoms with van der Waals surface area (Å²) in [4.78, 5) is 19.7. The fraction of sp³-hybridized carbons (Fsp3) is 0.412. The van der Waals surface area contributed by atoms with Crippen LogP contribution in [0.2, 0.25) is 0 Å². The van der Waals surface area contributed by atoms with Gasteiger partial charge in [-0.2, -0.15) is 0 Å². The highest BCUT2D eigenvalue weighted by Gasteiger charge is 2.13. The lowest BCUT2D eigenvalue weighted by atomic mass is 10.1. The lowest BCUT2D eigenvalue weighted by Gasteiger charge is -2.12. The molecule has 0 fully saturated rings. The van der Waals surface area contributed by atoms with Gasteiger partial charge in [0.2, 0.25) is 0 Å². The van der Waals surface area contributed by atoms with Crippen molar-refractivity contribution in [1.82, 2.24) is 9.97 Å². The van der Waals surface area contributed by atoms with Crippen LogP contribution in [0.15, 0.2) is 23.0 Å². The Bertz CT molecular complexity index is 662. The first kappa shape index (κ1) is 15.3. The number of aryl methyl sites for hydroxylation is 1. The Kier molecular flexibility index (Phi) is 5.14. The second-order valence-electron chi connectivity index (χ2n) is 4.82. The zero-order chi connectivity index (χ0) is 15.2. The van der Waals surface area contributed by atoms with Gasteiger partial charge in [-0.15, -0.1) is 0 Å². The van der Waals surface area contributed by atoms with Gasteiger partial charge in [-0.05, 0) is 37.5 Å². The number of hydrogen-bond acceptors (Lipinski definition) is 3. The molecule has 1 N–H and O–H groups in total. The molecule has 1 aromatic carbocycles. The number of rotatable bonds is 6. The summed E-state index contributed by atoms with van der Waals surface area (Å²) in [7, 11) is 0. The summed E-state index contributed by atoms with van der Waals surface area (Å²) in [5, 5.41) is 0. The molecule has 0 bridgehead atoms. The molecule has 111 valence electrons. The highest BCUT2D eigenvalue weighted by atomic mass is 16.5. The average Bonchev–Trinajstić information content (AvgIpc) is 2.52. The maximum absolute atomic E-state index is 12.2. The number of ether oxygens (including phenoxy) is 1. The van der Waals surface area contributed by atoms with E-state index in [-0.39, 0.29) is 5.56 Å². The standard InChI is InChI=1S/C17H21N2O2/c1-4-11-21-15-10-8-7-9-13(15)16-18-14(6-3)12(5-2)17(20)19-16/h8-10H,4-6,11H2,1-3H3,(H,18,19,20). The molecule has 1 heterocycles. The third-order valence-electron chi connectivity index (χ3n) is 3.33. The van der Waals surface area contributed by atoms with Crippen LogP contribution in [-0.4, -0.2) is 16.6 Å². The van der Waals surface area contributed by atoms with Crippen molar-refractivity contribution in [3.8, 4) is 17.1 Å². The third kappa shape index (κ3) is 3.32. The Hall–Kier alpha value is -2.10. The molecule has 0 aliphatic carbocycles. The van der Waals surface area contributed by atoms with E-state index in [1.165, 1.54) is 0 Å². The number of aromatic nitrogens is 2. The Morgan fingerprint density at radius 1 is 1.29 bits per heavy atom. The molecule has 4 nitrogen and oxygen atoms in total. The van der Waals surface area contributed by atoms with Gasteiger partial charge in [-0.1, -0.05) is 26.8 Å². The van der Waals surface area contributed by atoms with Gasteiger partial charge in [0.05, 0.1) is 17.9 Å². The van der Waals surface area contributed by atoms with Gasteiger partial charge in [0, 0.05) is 5.56 Å². The minimum Gasteiger partial charge on any atom is -0.493 e. The molecule has 1 radical (unpaired) electrons. The molecule has 2 aromatic rings. The first-order valence-electron chi connectivity index (χ1n) is 7.46. The molecule has 0 atom stereocenters. The van der Waals surface area contributed by atoms with Crippen LogP contribution in [0.3, 0.4) is 0 Å². The molecule has 0 saturated heterocycles. The maximum Gasteiger partial charge on any atom is 0.254 e. The van der Waals surface area contributed by atoms with Crippen LogP contribution in [-0.2, 0) is 12.8 Å². The Morgan fingerprint density at radius 3 is 2.76 bits per heavy atom. The highest BCUT2D eigenvalue weighted by molar-refractivity contribution is 5.63. The smallest absolute Gasteiger partial charge is 0.254 e. The number of H-pyrrole nitrogens is 1. The lowest BCUT2D eigenvalue weighted by molar-refractivity contribution is 0.318. The summed E-state index contributed by atoms with van der Waals surface area (Å²) in [5.74, 6) is 1.28. The van der Waals surface area contributed by atoms with E-state index in [1.807, 2.05) is 19.9 Å². The van der Waals surface area contributed by atoms with Gasteiger partial charge in [-0.25, -0.2) is 4.98 Å². The topological polar surface area (TPSA) is 55.0 Å². The largest absolute Gasteiger partial charge is 0.493 e. The number of aromatic amines is 1. The molecule has 0 saturated carbocycles. The lowest BCUT2D eigenvalue weighted by Crippen LogP contribution is -2.18. The zero-order valence-electron chi connectivity index (χ0n) is 12.8.